The van der Waals surface area contributed by atoms with Crippen LogP contribution in [-0.4, -0.2) is 11.8 Å². The number of halogens is 1. The first-order valence-corrected chi connectivity index (χ1v) is 7.73. The van der Waals surface area contributed by atoms with Crippen molar-refractivity contribution in [2.24, 2.45) is 0 Å². The van der Waals surface area contributed by atoms with Gasteiger partial charge in [-0.15, -0.1) is 0 Å². The molecule has 0 unspecified atom stereocenters. The number of anilines is 2. The molecule has 5 nitrogen and oxygen atoms in total. The van der Waals surface area contributed by atoms with Crippen molar-refractivity contribution in [1.29, 1.82) is 5.26 Å². The van der Waals surface area contributed by atoms with E-state index in [1.165, 1.54) is 0 Å². The number of nitrogens with zero attached hydrogens (tertiary/aromatic N) is 1. The van der Waals surface area contributed by atoms with Gasteiger partial charge in [-0.3, -0.25) is 9.59 Å². The molecule has 0 saturated carbocycles. The molecule has 0 heterocycles. The number of nitriles is 1. The highest BCUT2D eigenvalue weighted by molar-refractivity contribution is 8.03. The Morgan fingerprint density at radius 1 is 1.09 bits per heavy atom. The number of carbonyl (C=O) groups is 2. The molecule has 0 bridgehead atoms. The molecule has 0 saturated heterocycles. The van der Waals surface area contributed by atoms with Crippen LogP contribution in [0.5, 0.6) is 0 Å². The maximum absolute atomic E-state index is 11.9. The summed E-state index contributed by atoms with van der Waals surface area (Å²) in [5.41, 5.74) is 1.75. The quantitative estimate of drug-likeness (QED) is 0.503. The lowest BCUT2D eigenvalue weighted by Crippen LogP contribution is -2.29. The Kier molecular flexibility index (Phi) is 5.63. The van der Waals surface area contributed by atoms with E-state index in [1.807, 2.05) is 5.40 Å². The summed E-state index contributed by atoms with van der Waals surface area (Å²) >= 11 is 6.89. The summed E-state index contributed by atoms with van der Waals surface area (Å²) in [6, 6.07) is 11.6. The SMILES string of the molecule is Cc1ccc(Cl)cc1NC(=O)C(=O)Nc1ccc(SC#N)cc1. The molecule has 0 aliphatic heterocycles. The molecular formula is C16H12ClN3O2S. The number of rotatable bonds is 3. The van der Waals surface area contributed by atoms with E-state index in [2.05, 4.69) is 10.6 Å². The first-order chi connectivity index (χ1) is 11.0. The predicted octanol–water partition coefficient (Wildman–Crippen LogP) is 3.80. The zero-order valence-corrected chi connectivity index (χ0v) is 13.7. The van der Waals surface area contributed by atoms with Gasteiger partial charge in [0.2, 0.25) is 0 Å². The third kappa shape index (κ3) is 4.74. The maximum Gasteiger partial charge on any atom is 0.314 e. The van der Waals surface area contributed by atoms with Crippen molar-refractivity contribution in [3.63, 3.8) is 0 Å². The fourth-order valence-corrected chi connectivity index (χ4v) is 2.30. The minimum absolute atomic E-state index is 0.468. The molecule has 2 aromatic carbocycles. The molecule has 0 atom stereocenters. The molecular weight excluding hydrogens is 334 g/mol. The van der Waals surface area contributed by atoms with Crippen LogP contribution < -0.4 is 10.6 Å². The summed E-state index contributed by atoms with van der Waals surface area (Å²) < 4.78 is 0. The van der Waals surface area contributed by atoms with Gasteiger partial charge in [0.05, 0.1) is 0 Å². The van der Waals surface area contributed by atoms with Gasteiger partial charge in [-0.2, -0.15) is 5.26 Å². The topological polar surface area (TPSA) is 82.0 Å². The van der Waals surface area contributed by atoms with Gasteiger partial charge in [0.1, 0.15) is 5.40 Å². The van der Waals surface area contributed by atoms with Crippen LogP contribution in [0.4, 0.5) is 11.4 Å². The van der Waals surface area contributed by atoms with Gasteiger partial charge in [-0.05, 0) is 60.6 Å². The molecule has 2 rings (SSSR count). The third-order valence-corrected chi connectivity index (χ3v) is 3.76. The Bertz CT molecular complexity index is 785. The van der Waals surface area contributed by atoms with Gasteiger partial charge in [0.15, 0.2) is 0 Å². The highest BCUT2D eigenvalue weighted by Crippen LogP contribution is 2.21. The number of hydrogen-bond acceptors (Lipinski definition) is 4. The van der Waals surface area contributed by atoms with Crippen molar-refractivity contribution in [3.05, 3.63) is 53.1 Å². The van der Waals surface area contributed by atoms with Crippen LogP contribution in [0.3, 0.4) is 0 Å². The number of carbonyl (C=O) groups excluding carboxylic acids is 2. The Morgan fingerprint density at radius 2 is 1.74 bits per heavy atom. The first-order valence-electron chi connectivity index (χ1n) is 6.54. The number of benzene rings is 2. The largest absolute Gasteiger partial charge is 0.318 e. The van der Waals surface area contributed by atoms with Crippen LogP contribution in [0.15, 0.2) is 47.4 Å². The Hall–Kier alpha value is -2.49. The Labute approximate surface area is 142 Å². The highest BCUT2D eigenvalue weighted by atomic mass is 35.5. The Balaban J connectivity index is 2.01. The minimum atomic E-state index is -0.787. The van der Waals surface area contributed by atoms with Crippen LogP contribution in [0, 0.1) is 17.6 Å². The molecule has 0 radical (unpaired) electrons. The monoisotopic (exact) mass is 345 g/mol. The average Bonchev–Trinajstić information content (AvgIpc) is 2.53. The van der Waals surface area contributed by atoms with Crippen LogP contribution in [-0.2, 0) is 9.59 Å². The smallest absolute Gasteiger partial charge is 0.314 e. The van der Waals surface area contributed by atoms with Crippen molar-refractivity contribution < 1.29 is 9.59 Å². The van der Waals surface area contributed by atoms with Gasteiger partial charge >= 0.3 is 11.8 Å². The van der Waals surface area contributed by atoms with Crippen LogP contribution in [0.25, 0.3) is 0 Å². The summed E-state index contributed by atoms with van der Waals surface area (Å²) in [5.74, 6) is -1.57. The summed E-state index contributed by atoms with van der Waals surface area (Å²) in [5, 5.41) is 16.0. The second kappa shape index (κ2) is 7.68. The zero-order valence-electron chi connectivity index (χ0n) is 12.1. The molecule has 116 valence electrons. The van der Waals surface area contributed by atoms with Gasteiger partial charge in [0, 0.05) is 21.3 Å². The zero-order chi connectivity index (χ0) is 16.8. The van der Waals surface area contributed by atoms with Crippen LogP contribution in [0.1, 0.15) is 5.56 Å². The normalized spacial score (nSPS) is 9.78. The van der Waals surface area contributed by atoms with Crippen molar-refractivity contribution in [3.8, 4) is 5.40 Å². The van der Waals surface area contributed by atoms with E-state index in [0.29, 0.717) is 16.4 Å². The lowest BCUT2D eigenvalue weighted by Gasteiger charge is -2.09. The maximum atomic E-state index is 11.9. The lowest BCUT2D eigenvalue weighted by atomic mass is 10.2. The van der Waals surface area contributed by atoms with Crippen LogP contribution in [0.2, 0.25) is 5.02 Å². The van der Waals surface area contributed by atoms with E-state index in [-0.39, 0.29) is 0 Å². The summed E-state index contributed by atoms with van der Waals surface area (Å²) in [6.45, 7) is 1.80. The van der Waals surface area contributed by atoms with E-state index >= 15 is 0 Å². The van der Waals surface area contributed by atoms with Crippen molar-refractivity contribution in [2.45, 2.75) is 11.8 Å². The summed E-state index contributed by atoms with van der Waals surface area (Å²) in [7, 11) is 0. The standard InChI is InChI=1S/C16H12ClN3O2S/c1-10-2-3-11(17)8-14(10)20-16(22)15(21)19-12-4-6-13(7-5-12)23-9-18/h2-8H,1H3,(H,19,21)(H,20,22). The van der Waals surface area contributed by atoms with Crippen molar-refractivity contribution in [2.75, 3.05) is 10.6 Å². The van der Waals surface area contributed by atoms with Crippen molar-refractivity contribution >= 4 is 46.6 Å². The molecule has 2 N–H and O–H groups in total. The molecule has 7 heteroatoms. The van der Waals surface area contributed by atoms with E-state index in [1.54, 1.807) is 49.4 Å². The van der Waals surface area contributed by atoms with E-state index in [4.69, 9.17) is 16.9 Å². The molecule has 2 amide bonds. The number of aryl methyl sites for hydroxylation is 1. The van der Waals surface area contributed by atoms with Gasteiger partial charge in [0.25, 0.3) is 0 Å². The molecule has 0 spiro atoms. The van der Waals surface area contributed by atoms with E-state index in [0.717, 1.165) is 22.2 Å². The van der Waals surface area contributed by atoms with E-state index in [9.17, 15) is 9.59 Å². The molecule has 23 heavy (non-hydrogen) atoms. The molecule has 0 aromatic heterocycles. The Morgan fingerprint density at radius 3 is 2.39 bits per heavy atom. The minimum Gasteiger partial charge on any atom is -0.318 e. The average molecular weight is 346 g/mol. The number of thiocyanates is 1. The van der Waals surface area contributed by atoms with E-state index < -0.39 is 11.8 Å². The number of amides is 2. The summed E-state index contributed by atoms with van der Waals surface area (Å²) in [4.78, 5) is 24.6. The molecule has 2 aromatic rings. The number of nitrogens with one attached hydrogen (secondary N) is 2. The fourth-order valence-electron chi connectivity index (χ4n) is 1.75. The molecule has 0 fully saturated rings. The number of thioether (sulfide) groups is 1. The first kappa shape index (κ1) is 16.9. The highest BCUT2D eigenvalue weighted by Gasteiger charge is 2.15. The lowest BCUT2D eigenvalue weighted by molar-refractivity contribution is -0.133. The molecule has 0 aliphatic rings. The van der Waals surface area contributed by atoms with Gasteiger partial charge < -0.3 is 10.6 Å². The number of hydrogen-bond donors (Lipinski definition) is 2. The van der Waals surface area contributed by atoms with Gasteiger partial charge in [-0.1, -0.05) is 17.7 Å². The van der Waals surface area contributed by atoms with Crippen molar-refractivity contribution in [1.82, 2.24) is 0 Å². The predicted molar refractivity (Wildman–Crippen MR) is 91.4 cm³/mol. The summed E-state index contributed by atoms with van der Waals surface area (Å²) in [6.07, 6.45) is 0. The fraction of sp³-hybridized carbons (Fsp3) is 0.0625. The van der Waals surface area contributed by atoms with Gasteiger partial charge in [-0.25, -0.2) is 0 Å². The molecule has 0 aliphatic carbocycles. The second-order valence-electron chi connectivity index (χ2n) is 4.59. The second-order valence-corrected chi connectivity index (χ2v) is 5.88. The third-order valence-electron chi connectivity index (χ3n) is 2.93. The van der Waals surface area contributed by atoms with Crippen LogP contribution >= 0.6 is 23.4 Å².